The molecule has 0 atom stereocenters. The van der Waals surface area contributed by atoms with E-state index in [2.05, 4.69) is 43.1 Å². The van der Waals surface area contributed by atoms with Gasteiger partial charge >= 0.3 is 0 Å². The Balaban J connectivity index is 2.34. The molecule has 0 radical (unpaired) electrons. The molecule has 3 N–H and O–H groups in total. The van der Waals surface area contributed by atoms with Gasteiger partial charge in [-0.05, 0) is 23.8 Å². The van der Waals surface area contributed by atoms with Crippen molar-refractivity contribution in [2.24, 2.45) is 11.1 Å². The van der Waals surface area contributed by atoms with Crippen LogP contribution in [0.4, 0.5) is 0 Å². The van der Waals surface area contributed by atoms with Crippen LogP contribution in [0.5, 0.6) is 0 Å². The van der Waals surface area contributed by atoms with Gasteiger partial charge in [0.25, 0.3) is 0 Å². The molecule has 0 fully saturated rings. The van der Waals surface area contributed by atoms with Gasteiger partial charge in [-0.15, -0.1) is 0 Å². The Morgan fingerprint density at radius 1 is 1.18 bits per heavy atom. The second kappa shape index (κ2) is 9.59. The molecule has 0 bridgehead atoms. The number of amides is 1. The molecule has 22 heavy (non-hydrogen) atoms. The van der Waals surface area contributed by atoms with Crippen molar-refractivity contribution in [2.45, 2.75) is 33.6 Å². The summed E-state index contributed by atoms with van der Waals surface area (Å²) in [5.74, 6) is 0.0887. The number of carbonyl (C=O) groups excluding carboxylic acids is 1. The Morgan fingerprint density at radius 3 is 2.45 bits per heavy atom. The van der Waals surface area contributed by atoms with E-state index >= 15 is 0 Å². The van der Waals surface area contributed by atoms with E-state index in [1.807, 2.05) is 18.2 Å². The zero-order valence-corrected chi connectivity index (χ0v) is 14.3. The number of carbonyl (C=O) groups is 1. The Hall–Kier alpha value is -1.39. The smallest absolute Gasteiger partial charge is 0.234 e. The summed E-state index contributed by atoms with van der Waals surface area (Å²) in [4.78, 5) is 14.2. The molecule has 1 amide bonds. The highest BCUT2D eigenvalue weighted by Gasteiger charge is 2.13. The van der Waals surface area contributed by atoms with E-state index in [9.17, 15) is 4.79 Å². The molecule has 124 valence electrons. The van der Waals surface area contributed by atoms with E-state index in [-0.39, 0.29) is 11.3 Å². The lowest BCUT2D eigenvalue weighted by Gasteiger charge is -2.22. The zero-order valence-electron chi connectivity index (χ0n) is 14.3. The van der Waals surface area contributed by atoms with Crippen LogP contribution in [0.25, 0.3) is 0 Å². The van der Waals surface area contributed by atoms with Crippen LogP contribution in [0.3, 0.4) is 0 Å². The highest BCUT2D eigenvalue weighted by Crippen LogP contribution is 2.16. The van der Waals surface area contributed by atoms with Gasteiger partial charge in [0, 0.05) is 26.2 Å². The summed E-state index contributed by atoms with van der Waals surface area (Å²) in [6, 6.07) is 10.3. The van der Waals surface area contributed by atoms with Gasteiger partial charge in [0.15, 0.2) is 0 Å². The van der Waals surface area contributed by atoms with Gasteiger partial charge in [0.1, 0.15) is 0 Å². The zero-order chi connectivity index (χ0) is 16.4. The van der Waals surface area contributed by atoms with Crippen molar-refractivity contribution < 1.29 is 4.79 Å². The van der Waals surface area contributed by atoms with Crippen molar-refractivity contribution in [1.29, 1.82) is 0 Å². The molecule has 4 nitrogen and oxygen atoms in total. The van der Waals surface area contributed by atoms with Gasteiger partial charge < -0.3 is 11.1 Å². The van der Waals surface area contributed by atoms with Gasteiger partial charge in [-0.1, -0.05) is 51.1 Å². The minimum Gasteiger partial charge on any atom is -0.355 e. The monoisotopic (exact) mass is 305 g/mol. The standard InChI is InChI=1S/C18H31N3O/c1-18(2,3)10-12-20-17(22)15-21(14-11-19)13-9-16-7-5-4-6-8-16/h4-8H,9-15,19H2,1-3H3,(H,20,22). The van der Waals surface area contributed by atoms with Crippen LogP contribution in [0.1, 0.15) is 32.8 Å². The molecule has 0 spiro atoms. The molecule has 1 aromatic carbocycles. The number of rotatable bonds is 9. The van der Waals surface area contributed by atoms with Crippen LogP contribution in [0, 0.1) is 5.41 Å². The van der Waals surface area contributed by atoms with Crippen molar-refractivity contribution in [3.8, 4) is 0 Å². The van der Waals surface area contributed by atoms with Crippen LogP contribution < -0.4 is 11.1 Å². The minimum absolute atomic E-state index is 0.0887. The molecule has 0 aliphatic carbocycles. The summed E-state index contributed by atoms with van der Waals surface area (Å²) in [5.41, 5.74) is 7.19. The van der Waals surface area contributed by atoms with Crippen molar-refractivity contribution in [2.75, 3.05) is 32.7 Å². The van der Waals surface area contributed by atoms with E-state index in [0.29, 0.717) is 13.1 Å². The Kier molecular flexibility index (Phi) is 8.13. The lowest BCUT2D eigenvalue weighted by Crippen LogP contribution is -2.41. The maximum Gasteiger partial charge on any atom is 0.234 e. The fourth-order valence-corrected chi connectivity index (χ4v) is 2.22. The number of nitrogens with zero attached hydrogens (tertiary/aromatic N) is 1. The molecule has 0 unspecified atom stereocenters. The third-order valence-corrected chi connectivity index (χ3v) is 3.57. The third-order valence-electron chi connectivity index (χ3n) is 3.57. The molecule has 0 aromatic heterocycles. The van der Waals surface area contributed by atoms with Crippen LogP contribution in [-0.4, -0.2) is 43.5 Å². The molecule has 4 heteroatoms. The van der Waals surface area contributed by atoms with E-state index in [0.717, 1.165) is 32.5 Å². The average Bonchev–Trinajstić information content (AvgIpc) is 2.45. The lowest BCUT2D eigenvalue weighted by molar-refractivity contribution is -0.122. The number of nitrogens with one attached hydrogen (secondary N) is 1. The second-order valence-electron chi connectivity index (χ2n) is 6.96. The summed E-state index contributed by atoms with van der Waals surface area (Å²) < 4.78 is 0. The fourth-order valence-electron chi connectivity index (χ4n) is 2.22. The van der Waals surface area contributed by atoms with Gasteiger partial charge in [-0.3, -0.25) is 9.69 Å². The Labute approximate surface area is 135 Å². The van der Waals surface area contributed by atoms with Crippen molar-refractivity contribution in [1.82, 2.24) is 10.2 Å². The van der Waals surface area contributed by atoms with E-state index in [4.69, 9.17) is 5.73 Å². The van der Waals surface area contributed by atoms with E-state index in [1.54, 1.807) is 0 Å². The molecule has 1 aromatic rings. The van der Waals surface area contributed by atoms with Crippen LogP contribution in [-0.2, 0) is 11.2 Å². The topological polar surface area (TPSA) is 58.4 Å². The molecule has 0 aliphatic heterocycles. The first-order valence-corrected chi connectivity index (χ1v) is 8.14. The van der Waals surface area contributed by atoms with Crippen molar-refractivity contribution in [3.05, 3.63) is 35.9 Å². The maximum atomic E-state index is 12.0. The number of hydrogen-bond acceptors (Lipinski definition) is 3. The SMILES string of the molecule is CC(C)(C)CCNC(=O)CN(CCN)CCc1ccccc1. The summed E-state index contributed by atoms with van der Waals surface area (Å²) in [5, 5.41) is 3.00. The lowest BCUT2D eigenvalue weighted by atomic mass is 9.92. The van der Waals surface area contributed by atoms with Crippen molar-refractivity contribution >= 4 is 5.91 Å². The molecular formula is C18H31N3O. The molecule has 0 heterocycles. The fraction of sp³-hybridized carbons (Fsp3) is 0.611. The predicted molar refractivity (Wildman–Crippen MR) is 92.7 cm³/mol. The maximum absolute atomic E-state index is 12.0. The Bertz CT molecular complexity index is 426. The van der Waals surface area contributed by atoms with E-state index < -0.39 is 0 Å². The molecule has 0 saturated heterocycles. The minimum atomic E-state index is 0.0887. The van der Waals surface area contributed by atoms with Crippen LogP contribution in [0.2, 0.25) is 0 Å². The summed E-state index contributed by atoms with van der Waals surface area (Å²) >= 11 is 0. The number of nitrogens with two attached hydrogens (primary N) is 1. The molecular weight excluding hydrogens is 274 g/mol. The van der Waals surface area contributed by atoms with E-state index in [1.165, 1.54) is 5.56 Å². The average molecular weight is 305 g/mol. The second-order valence-corrected chi connectivity index (χ2v) is 6.96. The quantitative estimate of drug-likeness (QED) is 0.734. The predicted octanol–water partition coefficient (Wildman–Crippen LogP) is 2.04. The number of hydrogen-bond donors (Lipinski definition) is 2. The Morgan fingerprint density at radius 2 is 1.86 bits per heavy atom. The highest BCUT2D eigenvalue weighted by molar-refractivity contribution is 5.77. The summed E-state index contributed by atoms with van der Waals surface area (Å²) in [7, 11) is 0. The summed E-state index contributed by atoms with van der Waals surface area (Å²) in [6.45, 7) is 9.88. The molecule has 1 rings (SSSR count). The van der Waals surface area contributed by atoms with Crippen LogP contribution >= 0.6 is 0 Å². The van der Waals surface area contributed by atoms with Gasteiger partial charge in [0.05, 0.1) is 6.54 Å². The first kappa shape index (κ1) is 18.7. The number of benzene rings is 1. The summed E-state index contributed by atoms with van der Waals surface area (Å²) in [6.07, 6.45) is 1.93. The van der Waals surface area contributed by atoms with Crippen LogP contribution in [0.15, 0.2) is 30.3 Å². The normalized spacial score (nSPS) is 11.7. The third kappa shape index (κ3) is 8.80. The first-order chi connectivity index (χ1) is 10.4. The van der Waals surface area contributed by atoms with Gasteiger partial charge in [0.2, 0.25) is 5.91 Å². The van der Waals surface area contributed by atoms with Gasteiger partial charge in [-0.25, -0.2) is 0 Å². The first-order valence-electron chi connectivity index (χ1n) is 8.14. The molecule has 0 aliphatic rings. The van der Waals surface area contributed by atoms with Crippen molar-refractivity contribution in [3.63, 3.8) is 0 Å². The molecule has 0 saturated carbocycles. The largest absolute Gasteiger partial charge is 0.355 e. The van der Waals surface area contributed by atoms with Gasteiger partial charge in [-0.2, -0.15) is 0 Å². The highest BCUT2D eigenvalue weighted by atomic mass is 16.2.